The average Bonchev–Trinajstić information content (AvgIpc) is 3.84. The van der Waals surface area contributed by atoms with Gasteiger partial charge in [-0.2, -0.15) is 4.98 Å². The van der Waals surface area contributed by atoms with Crippen molar-refractivity contribution in [2.24, 2.45) is 0 Å². The fourth-order valence-corrected chi connectivity index (χ4v) is 7.17. The van der Waals surface area contributed by atoms with E-state index in [9.17, 15) is 0 Å². The van der Waals surface area contributed by atoms with Gasteiger partial charge < -0.3 is 31.9 Å². The van der Waals surface area contributed by atoms with Gasteiger partial charge in [-0.05, 0) is 83.3 Å². The second-order valence-electron chi connectivity index (χ2n) is 14.2. The molecule has 0 aliphatic heterocycles. The van der Waals surface area contributed by atoms with E-state index in [1.54, 1.807) is 0 Å². The summed E-state index contributed by atoms with van der Waals surface area (Å²) in [7, 11) is 0. The average molecular weight is 701 g/mol. The van der Waals surface area contributed by atoms with E-state index in [1.807, 2.05) is 46.0 Å². The molecule has 51 heavy (non-hydrogen) atoms. The third-order valence-corrected chi connectivity index (χ3v) is 10.0. The fourth-order valence-electron chi connectivity index (χ4n) is 7.17. The van der Waals surface area contributed by atoms with Crippen LogP contribution in [0.25, 0.3) is 10.9 Å². The standard InChI is InChI=1S/C37H60N14/c1-3-12-30(13-4-1)40-21-9-18-38-19-10-24-51-29-33(47-49-51)27-43-37-44-35-17-8-7-16-34(35)36(45-37)42-26-32-28-50(48-46-32)25-11-20-39-22-23-41-31-14-5-2-6-15-31/h7-8,16-17,28-31,38-41H,1-6,9-15,18-27H2,(H2,42,43,44,45). The Morgan fingerprint density at radius 1 is 0.588 bits per heavy atom. The molecule has 2 saturated carbocycles. The maximum Gasteiger partial charge on any atom is 0.225 e. The lowest BCUT2D eigenvalue weighted by molar-refractivity contribution is 0.371. The third kappa shape index (κ3) is 12.8. The van der Waals surface area contributed by atoms with Gasteiger partial charge in [0.25, 0.3) is 0 Å². The molecule has 3 heterocycles. The number of nitrogens with zero attached hydrogens (tertiary/aromatic N) is 8. The molecule has 0 radical (unpaired) electrons. The van der Waals surface area contributed by atoms with E-state index >= 15 is 0 Å². The van der Waals surface area contributed by atoms with Crippen LogP contribution < -0.4 is 31.9 Å². The van der Waals surface area contributed by atoms with E-state index in [4.69, 9.17) is 9.97 Å². The van der Waals surface area contributed by atoms with Crippen molar-refractivity contribution >= 4 is 22.7 Å². The quantitative estimate of drug-likeness (QED) is 0.0613. The molecule has 1 aromatic carbocycles. The summed E-state index contributed by atoms with van der Waals surface area (Å²) in [6, 6.07) is 9.49. The molecule has 14 nitrogen and oxygen atoms in total. The number of hydrogen-bond donors (Lipinski definition) is 6. The summed E-state index contributed by atoms with van der Waals surface area (Å²) >= 11 is 0. The Labute approximate surface area is 303 Å². The Balaban J connectivity index is 0.875. The van der Waals surface area contributed by atoms with E-state index in [0.29, 0.717) is 19.0 Å². The monoisotopic (exact) mass is 701 g/mol. The lowest BCUT2D eigenvalue weighted by Gasteiger charge is -2.22. The van der Waals surface area contributed by atoms with Gasteiger partial charge in [-0.1, -0.05) is 61.1 Å². The van der Waals surface area contributed by atoms with Crippen molar-refractivity contribution < 1.29 is 0 Å². The molecule has 278 valence electrons. The van der Waals surface area contributed by atoms with Gasteiger partial charge in [-0.15, -0.1) is 10.2 Å². The molecule has 3 aromatic heterocycles. The highest BCUT2D eigenvalue weighted by atomic mass is 15.4. The second kappa shape index (κ2) is 21.0. The lowest BCUT2D eigenvalue weighted by atomic mass is 9.95. The van der Waals surface area contributed by atoms with Crippen LogP contribution in [-0.4, -0.2) is 91.3 Å². The van der Waals surface area contributed by atoms with Crippen molar-refractivity contribution in [3.63, 3.8) is 0 Å². The smallest absolute Gasteiger partial charge is 0.225 e. The van der Waals surface area contributed by atoms with Crippen molar-refractivity contribution in [1.82, 2.24) is 61.2 Å². The van der Waals surface area contributed by atoms with Crippen LogP contribution in [0.2, 0.25) is 0 Å². The highest BCUT2D eigenvalue weighted by Crippen LogP contribution is 2.23. The van der Waals surface area contributed by atoms with Gasteiger partial charge in [0.15, 0.2) is 0 Å². The van der Waals surface area contributed by atoms with Crippen LogP contribution in [0.3, 0.4) is 0 Å². The number of nitrogens with one attached hydrogen (secondary N) is 6. The molecule has 14 heteroatoms. The van der Waals surface area contributed by atoms with Crippen LogP contribution in [0.5, 0.6) is 0 Å². The molecule has 0 amide bonds. The molecule has 2 fully saturated rings. The first kappa shape index (κ1) is 37.1. The van der Waals surface area contributed by atoms with Gasteiger partial charge in [0.05, 0.1) is 31.0 Å². The first-order valence-corrected chi connectivity index (χ1v) is 19.7. The molecular weight excluding hydrogens is 641 g/mol. The molecule has 0 spiro atoms. The number of para-hydroxylation sites is 1. The van der Waals surface area contributed by atoms with E-state index < -0.39 is 0 Å². The Bertz CT molecular complexity index is 1540. The molecule has 0 bridgehead atoms. The number of anilines is 2. The van der Waals surface area contributed by atoms with E-state index in [-0.39, 0.29) is 0 Å². The van der Waals surface area contributed by atoms with Gasteiger partial charge in [0, 0.05) is 43.6 Å². The number of aryl methyl sites for hydroxylation is 2. The zero-order valence-corrected chi connectivity index (χ0v) is 30.5. The molecular formula is C37H60N14. The zero-order valence-electron chi connectivity index (χ0n) is 30.5. The van der Waals surface area contributed by atoms with Crippen molar-refractivity contribution in [3.05, 3.63) is 48.0 Å². The third-order valence-electron chi connectivity index (χ3n) is 10.0. The number of benzene rings is 1. The highest BCUT2D eigenvalue weighted by Gasteiger charge is 2.13. The van der Waals surface area contributed by atoms with Crippen molar-refractivity contribution in [2.45, 2.75) is 122 Å². The van der Waals surface area contributed by atoms with Crippen LogP contribution in [0, 0.1) is 0 Å². The zero-order chi connectivity index (χ0) is 34.8. The van der Waals surface area contributed by atoms with Crippen LogP contribution in [0.4, 0.5) is 11.8 Å². The lowest BCUT2D eigenvalue weighted by Crippen LogP contribution is -2.36. The van der Waals surface area contributed by atoms with Gasteiger partial charge in [0.1, 0.15) is 17.2 Å². The Hall–Kier alpha value is -3.72. The first-order valence-electron chi connectivity index (χ1n) is 19.7. The predicted molar refractivity (Wildman–Crippen MR) is 204 cm³/mol. The van der Waals surface area contributed by atoms with Gasteiger partial charge in [-0.3, -0.25) is 9.36 Å². The minimum absolute atomic E-state index is 0.490. The Morgan fingerprint density at radius 3 is 1.86 bits per heavy atom. The molecule has 2 aliphatic rings. The number of rotatable bonds is 23. The summed E-state index contributed by atoms with van der Waals surface area (Å²) in [6.45, 7) is 8.82. The predicted octanol–water partition coefficient (Wildman–Crippen LogP) is 4.23. The minimum atomic E-state index is 0.490. The summed E-state index contributed by atoms with van der Waals surface area (Å²) in [5, 5.41) is 39.7. The molecule has 4 aromatic rings. The number of fused-ring (bicyclic) bond motifs is 1. The van der Waals surface area contributed by atoms with Gasteiger partial charge in [0.2, 0.25) is 5.95 Å². The van der Waals surface area contributed by atoms with Crippen molar-refractivity contribution in [3.8, 4) is 0 Å². The normalized spacial score (nSPS) is 15.8. The van der Waals surface area contributed by atoms with E-state index in [1.165, 1.54) is 70.6 Å². The summed E-state index contributed by atoms with van der Waals surface area (Å²) in [5.41, 5.74) is 2.59. The van der Waals surface area contributed by atoms with Crippen LogP contribution in [-0.2, 0) is 26.2 Å². The highest BCUT2D eigenvalue weighted by molar-refractivity contribution is 5.90. The second-order valence-corrected chi connectivity index (χ2v) is 14.2. The van der Waals surface area contributed by atoms with E-state index in [0.717, 1.165) is 105 Å². The number of hydrogen-bond acceptors (Lipinski definition) is 12. The molecule has 0 atom stereocenters. The maximum absolute atomic E-state index is 4.81. The molecule has 6 rings (SSSR count). The Morgan fingerprint density at radius 2 is 1.18 bits per heavy atom. The van der Waals surface area contributed by atoms with Crippen molar-refractivity contribution in [1.29, 1.82) is 0 Å². The summed E-state index contributed by atoms with van der Waals surface area (Å²) in [5.74, 6) is 1.29. The summed E-state index contributed by atoms with van der Waals surface area (Å²) < 4.78 is 3.84. The minimum Gasteiger partial charge on any atom is -0.364 e. The summed E-state index contributed by atoms with van der Waals surface area (Å²) in [6.07, 6.45) is 20.9. The topological polar surface area (TPSA) is 159 Å². The van der Waals surface area contributed by atoms with Crippen LogP contribution >= 0.6 is 0 Å². The molecule has 2 aliphatic carbocycles. The first-order chi connectivity index (χ1) is 25.3. The van der Waals surface area contributed by atoms with Crippen LogP contribution in [0.1, 0.15) is 94.9 Å². The molecule has 0 unspecified atom stereocenters. The SMILES string of the molecule is c1ccc2c(NCc3cn(CCCNCCNC4CCCCC4)nn3)nc(NCc3cn(CCCNCCCNC4CCCCC4)nn3)nc2c1. The fraction of sp³-hybridized carbons (Fsp3) is 0.676. The molecule has 0 saturated heterocycles. The largest absolute Gasteiger partial charge is 0.364 e. The summed E-state index contributed by atoms with van der Waals surface area (Å²) in [4.78, 5) is 9.55. The maximum atomic E-state index is 4.81. The number of aromatic nitrogens is 8. The van der Waals surface area contributed by atoms with Gasteiger partial charge in [-0.25, -0.2) is 4.98 Å². The van der Waals surface area contributed by atoms with E-state index in [2.05, 4.69) is 52.5 Å². The van der Waals surface area contributed by atoms with Gasteiger partial charge >= 0.3 is 0 Å². The Kier molecular flexibility index (Phi) is 15.2. The van der Waals surface area contributed by atoms with Crippen molar-refractivity contribution in [2.75, 3.05) is 49.9 Å². The van der Waals surface area contributed by atoms with Crippen LogP contribution in [0.15, 0.2) is 36.7 Å². The molecule has 6 N–H and O–H groups in total.